The fourth-order valence-electron chi connectivity index (χ4n) is 3.98. The van der Waals surface area contributed by atoms with Gasteiger partial charge in [0.05, 0.1) is 24.4 Å². The number of benzene rings is 2. The molecule has 0 aromatic heterocycles. The molecule has 2 atom stereocenters. The van der Waals surface area contributed by atoms with Crippen molar-refractivity contribution in [2.45, 2.75) is 18.5 Å². The Hall–Kier alpha value is -3.81. The third-order valence-corrected chi connectivity index (χ3v) is 5.54. The van der Waals surface area contributed by atoms with Crippen LogP contribution in [0.15, 0.2) is 55.1 Å². The third kappa shape index (κ3) is 4.09. The van der Waals surface area contributed by atoms with Crippen molar-refractivity contribution in [1.29, 1.82) is 0 Å². The summed E-state index contributed by atoms with van der Waals surface area (Å²) in [6.07, 6.45) is 1.94. The summed E-state index contributed by atoms with van der Waals surface area (Å²) in [5.74, 6) is 0.266. The van der Waals surface area contributed by atoms with E-state index < -0.39 is 6.04 Å². The van der Waals surface area contributed by atoms with Crippen LogP contribution >= 0.6 is 0 Å². The summed E-state index contributed by atoms with van der Waals surface area (Å²) in [5.41, 5.74) is 2.72. The molecule has 3 N–H and O–H groups in total. The van der Waals surface area contributed by atoms with Crippen LogP contribution in [0, 0.1) is 0 Å². The van der Waals surface area contributed by atoms with Crippen molar-refractivity contribution in [3.8, 4) is 16.9 Å². The summed E-state index contributed by atoms with van der Waals surface area (Å²) in [6, 6.07) is 11.7. The van der Waals surface area contributed by atoms with Crippen molar-refractivity contribution < 1.29 is 19.1 Å². The molecule has 1 saturated heterocycles. The monoisotopic (exact) mass is 420 g/mol. The van der Waals surface area contributed by atoms with Gasteiger partial charge in [-0.05, 0) is 41.8 Å². The summed E-state index contributed by atoms with van der Waals surface area (Å²) in [4.78, 5) is 39.6. The van der Waals surface area contributed by atoms with E-state index in [1.54, 1.807) is 25.3 Å². The number of fused-ring (bicyclic) bond motifs is 2. The average Bonchev–Trinajstić information content (AvgIpc) is 3.17. The van der Waals surface area contributed by atoms with Gasteiger partial charge in [-0.25, -0.2) is 4.79 Å². The summed E-state index contributed by atoms with van der Waals surface area (Å²) in [6.45, 7) is 4.17. The molecule has 4 rings (SSSR count). The van der Waals surface area contributed by atoms with Gasteiger partial charge in [-0.15, -0.1) is 6.58 Å². The molecule has 2 aromatic carbocycles. The number of nitrogens with zero attached hydrogens (tertiary/aromatic N) is 1. The van der Waals surface area contributed by atoms with Gasteiger partial charge in [0.15, 0.2) is 0 Å². The van der Waals surface area contributed by atoms with Crippen LogP contribution in [0.3, 0.4) is 0 Å². The maximum Gasteiger partial charge on any atom is 0.315 e. The molecule has 0 unspecified atom stereocenters. The van der Waals surface area contributed by atoms with Gasteiger partial charge in [0, 0.05) is 13.1 Å². The van der Waals surface area contributed by atoms with Crippen molar-refractivity contribution in [2.75, 3.05) is 25.5 Å². The number of urea groups is 1. The number of amides is 4. The molecule has 2 heterocycles. The quantitative estimate of drug-likeness (QED) is 0.647. The van der Waals surface area contributed by atoms with Crippen LogP contribution in [0.4, 0.5) is 10.5 Å². The minimum Gasteiger partial charge on any atom is -0.497 e. The second kappa shape index (κ2) is 8.51. The number of hydrogen-bond donors (Lipinski definition) is 3. The highest BCUT2D eigenvalue weighted by molar-refractivity contribution is 6.10. The minimum atomic E-state index is -0.631. The van der Waals surface area contributed by atoms with Gasteiger partial charge in [-0.1, -0.05) is 24.3 Å². The van der Waals surface area contributed by atoms with Crippen molar-refractivity contribution in [2.24, 2.45) is 0 Å². The molecule has 2 aromatic rings. The van der Waals surface area contributed by atoms with Gasteiger partial charge in [-0.2, -0.15) is 0 Å². The predicted octanol–water partition coefficient (Wildman–Crippen LogP) is 2.38. The van der Waals surface area contributed by atoms with E-state index in [-0.39, 0.29) is 30.4 Å². The first kappa shape index (κ1) is 20.5. The zero-order valence-corrected chi connectivity index (χ0v) is 17.2. The second-order valence-electron chi connectivity index (χ2n) is 7.53. The minimum absolute atomic E-state index is 0.232. The molecule has 1 fully saturated rings. The molecule has 0 aliphatic carbocycles. The van der Waals surface area contributed by atoms with E-state index in [1.165, 1.54) is 4.90 Å². The van der Waals surface area contributed by atoms with Crippen LogP contribution in [0.5, 0.6) is 5.75 Å². The van der Waals surface area contributed by atoms with E-state index in [1.807, 2.05) is 30.3 Å². The first-order chi connectivity index (χ1) is 15.0. The molecule has 31 heavy (non-hydrogen) atoms. The molecule has 0 saturated carbocycles. The van der Waals surface area contributed by atoms with E-state index in [2.05, 4.69) is 22.5 Å². The Bertz CT molecular complexity index is 1030. The predicted molar refractivity (Wildman–Crippen MR) is 117 cm³/mol. The van der Waals surface area contributed by atoms with Crippen LogP contribution in [0.25, 0.3) is 11.1 Å². The smallest absolute Gasteiger partial charge is 0.315 e. The Labute approximate surface area is 180 Å². The molecule has 4 amide bonds. The van der Waals surface area contributed by atoms with Crippen molar-refractivity contribution in [1.82, 2.24) is 15.5 Å². The Kier molecular flexibility index (Phi) is 5.62. The average molecular weight is 420 g/mol. The zero-order valence-electron chi connectivity index (χ0n) is 17.2. The highest BCUT2D eigenvalue weighted by Gasteiger charge is 2.43. The lowest BCUT2D eigenvalue weighted by Gasteiger charge is -2.20. The first-order valence-corrected chi connectivity index (χ1v) is 10.1. The summed E-state index contributed by atoms with van der Waals surface area (Å²) in [7, 11) is 1.61. The Morgan fingerprint density at radius 2 is 1.97 bits per heavy atom. The molecule has 8 heteroatoms. The summed E-state index contributed by atoms with van der Waals surface area (Å²) < 4.78 is 5.20. The van der Waals surface area contributed by atoms with E-state index in [4.69, 9.17) is 4.74 Å². The van der Waals surface area contributed by atoms with Gasteiger partial charge in [0.2, 0.25) is 5.91 Å². The molecule has 8 nitrogen and oxygen atoms in total. The topological polar surface area (TPSA) is 99.8 Å². The van der Waals surface area contributed by atoms with Crippen molar-refractivity contribution in [3.05, 3.63) is 60.7 Å². The standard InChI is InChI=1S/C23H24N4O4/c1-3-10-24-23(30)25-16-12-20-21(28)26-19-9-6-15(11-18(19)22(29)27(20)13-16)14-4-7-17(31-2)8-5-14/h3-9,11,16,20H,1,10,12-13H2,2H3,(H,26,28)(H2,24,25,30)/t16-,20-/m0/s1. The Balaban J connectivity index is 1.57. The molecular weight excluding hydrogens is 396 g/mol. The highest BCUT2D eigenvalue weighted by Crippen LogP contribution is 2.32. The van der Waals surface area contributed by atoms with Gasteiger partial charge in [-0.3, -0.25) is 9.59 Å². The molecule has 160 valence electrons. The maximum atomic E-state index is 13.3. The number of anilines is 1. The fourth-order valence-corrected chi connectivity index (χ4v) is 3.98. The van der Waals surface area contributed by atoms with Gasteiger partial charge in [0.1, 0.15) is 11.8 Å². The fraction of sp³-hybridized carbons (Fsp3) is 0.261. The summed E-state index contributed by atoms with van der Waals surface area (Å²) >= 11 is 0. The number of rotatable bonds is 5. The Morgan fingerprint density at radius 3 is 2.68 bits per heavy atom. The van der Waals surface area contributed by atoms with Crippen molar-refractivity contribution in [3.63, 3.8) is 0 Å². The summed E-state index contributed by atoms with van der Waals surface area (Å²) in [5, 5.41) is 8.33. The molecule has 2 aliphatic heterocycles. The number of nitrogens with one attached hydrogen (secondary N) is 3. The van der Waals surface area contributed by atoms with E-state index >= 15 is 0 Å². The van der Waals surface area contributed by atoms with Crippen molar-refractivity contribution >= 4 is 23.5 Å². The molecule has 0 spiro atoms. The lowest BCUT2D eigenvalue weighted by Crippen LogP contribution is -2.44. The number of carbonyl (C=O) groups is 3. The SMILES string of the molecule is C=CCNC(=O)N[C@H]1C[C@H]2C(=O)Nc3ccc(-c4ccc(OC)cc4)cc3C(=O)N2C1. The zero-order chi connectivity index (χ0) is 22.0. The molecule has 0 bridgehead atoms. The van der Waals surface area contributed by atoms with Gasteiger partial charge >= 0.3 is 6.03 Å². The maximum absolute atomic E-state index is 13.3. The van der Waals surface area contributed by atoms with Gasteiger partial charge < -0.3 is 25.6 Å². The van der Waals surface area contributed by atoms with E-state index in [0.717, 1.165) is 16.9 Å². The lowest BCUT2D eigenvalue weighted by molar-refractivity contribution is -0.119. The Morgan fingerprint density at radius 1 is 1.23 bits per heavy atom. The normalized spacial score (nSPS) is 19.6. The van der Waals surface area contributed by atoms with Gasteiger partial charge in [0.25, 0.3) is 5.91 Å². The number of ether oxygens (including phenoxy) is 1. The molecule has 2 aliphatic rings. The van der Waals surface area contributed by atoms with E-state index in [9.17, 15) is 14.4 Å². The van der Waals surface area contributed by atoms with E-state index in [0.29, 0.717) is 24.2 Å². The molecule has 0 radical (unpaired) electrons. The van der Waals surface area contributed by atoms with Crippen LogP contribution < -0.4 is 20.7 Å². The lowest BCUT2D eigenvalue weighted by atomic mass is 10.0. The largest absolute Gasteiger partial charge is 0.497 e. The highest BCUT2D eigenvalue weighted by atomic mass is 16.5. The number of methoxy groups -OCH3 is 1. The third-order valence-electron chi connectivity index (χ3n) is 5.54. The molecular formula is C23H24N4O4. The number of carbonyl (C=O) groups excluding carboxylic acids is 3. The number of hydrogen-bond acceptors (Lipinski definition) is 4. The van der Waals surface area contributed by atoms with Crippen LogP contribution in [-0.2, 0) is 4.79 Å². The first-order valence-electron chi connectivity index (χ1n) is 10.1. The van der Waals surface area contributed by atoms with Crippen LogP contribution in [-0.4, -0.2) is 55.0 Å². The second-order valence-corrected chi connectivity index (χ2v) is 7.53. The van der Waals surface area contributed by atoms with Crippen LogP contribution in [0.1, 0.15) is 16.8 Å². The van der Waals surface area contributed by atoms with Crippen LogP contribution in [0.2, 0.25) is 0 Å².